The van der Waals surface area contributed by atoms with Crippen LogP contribution >= 0.6 is 0 Å². The highest BCUT2D eigenvalue weighted by molar-refractivity contribution is 5.81. The Balaban J connectivity index is -0.000000243. The van der Waals surface area contributed by atoms with E-state index in [9.17, 15) is 14.4 Å². The first-order chi connectivity index (χ1) is 13.4. The number of nitrogens with one attached hydrogen (secondary N) is 1. The smallest absolute Gasteiger partial charge is 0.305 e. The van der Waals surface area contributed by atoms with Crippen LogP contribution in [0, 0.1) is 0 Å². The molecule has 0 aromatic heterocycles. The van der Waals surface area contributed by atoms with E-state index in [2.05, 4.69) is 10.1 Å². The number of unbranched alkanes of at least 4 members (excludes halogenated alkanes) is 5. The molecule has 0 radical (unpaired) electrons. The maximum atomic E-state index is 11.5. The molecule has 0 rings (SSSR count). The standard InChI is InChI=1S/C12H25N3O3.C7H15NO2.2CH4/c13-8-4-3-6-10(14)12(18)15-9-5-1-2-7-11(16)17;1-10-7(9)5-3-2-4-6-8;;/h10H,1-9,13-14H2,(H,15,18)(H,16,17);2-6,8H2,1H3;2*1H4. The zero-order chi connectivity index (χ0) is 21.6. The summed E-state index contributed by atoms with van der Waals surface area (Å²) < 4.78 is 4.46. The van der Waals surface area contributed by atoms with Gasteiger partial charge in [0.05, 0.1) is 13.2 Å². The van der Waals surface area contributed by atoms with Crippen LogP contribution in [0.15, 0.2) is 0 Å². The Bertz CT molecular complexity index is 409. The summed E-state index contributed by atoms with van der Waals surface area (Å²) in [7, 11) is 1.41. The van der Waals surface area contributed by atoms with Gasteiger partial charge < -0.3 is 32.4 Å². The number of hydrogen-bond donors (Lipinski definition) is 5. The largest absolute Gasteiger partial charge is 0.481 e. The van der Waals surface area contributed by atoms with Gasteiger partial charge in [0.25, 0.3) is 0 Å². The number of carboxylic acid groups (broad SMARTS) is 1. The molecule has 0 saturated carbocycles. The Hall–Kier alpha value is -1.71. The minimum Gasteiger partial charge on any atom is -0.481 e. The molecule has 1 atom stereocenters. The van der Waals surface area contributed by atoms with E-state index in [0.29, 0.717) is 38.9 Å². The lowest BCUT2D eigenvalue weighted by atomic mass is 10.1. The molecule has 1 amide bonds. The number of carboxylic acids is 1. The number of ether oxygens (including phenoxy) is 1. The Labute approximate surface area is 183 Å². The van der Waals surface area contributed by atoms with E-state index in [1.807, 2.05) is 0 Å². The van der Waals surface area contributed by atoms with Crippen molar-refractivity contribution >= 4 is 17.8 Å². The van der Waals surface area contributed by atoms with Crippen LogP contribution in [-0.2, 0) is 19.1 Å². The van der Waals surface area contributed by atoms with Crippen LogP contribution in [0.4, 0.5) is 0 Å². The average Bonchev–Trinajstić information content (AvgIpc) is 2.67. The minimum absolute atomic E-state index is 0. The number of carbonyl (C=O) groups excluding carboxylic acids is 2. The molecule has 30 heavy (non-hydrogen) atoms. The molecule has 0 aliphatic carbocycles. The van der Waals surface area contributed by atoms with Crippen molar-refractivity contribution < 1.29 is 24.2 Å². The second-order valence-corrected chi connectivity index (χ2v) is 6.56. The molecule has 0 aromatic rings. The van der Waals surface area contributed by atoms with Gasteiger partial charge in [-0.1, -0.05) is 34.1 Å². The molecule has 0 heterocycles. The number of methoxy groups -OCH3 is 1. The highest BCUT2D eigenvalue weighted by atomic mass is 16.5. The Morgan fingerprint density at radius 1 is 0.867 bits per heavy atom. The lowest BCUT2D eigenvalue weighted by molar-refractivity contribution is -0.141. The summed E-state index contributed by atoms with van der Waals surface area (Å²) in [6.07, 6.45) is 8.26. The van der Waals surface area contributed by atoms with E-state index in [0.717, 1.165) is 44.9 Å². The normalized spacial score (nSPS) is 10.4. The van der Waals surface area contributed by atoms with Gasteiger partial charge in [0.15, 0.2) is 0 Å². The third kappa shape index (κ3) is 28.5. The highest BCUT2D eigenvalue weighted by Gasteiger charge is 2.11. The number of carbonyl (C=O) groups is 3. The predicted molar refractivity (Wildman–Crippen MR) is 123 cm³/mol. The summed E-state index contributed by atoms with van der Waals surface area (Å²) in [4.78, 5) is 32.3. The first-order valence-electron chi connectivity index (χ1n) is 10.1. The first-order valence-corrected chi connectivity index (χ1v) is 10.1. The third-order valence-electron chi connectivity index (χ3n) is 3.99. The van der Waals surface area contributed by atoms with E-state index in [1.165, 1.54) is 7.11 Å². The fraction of sp³-hybridized carbons (Fsp3) is 0.857. The molecule has 0 spiro atoms. The molecule has 0 saturated heterocycles. The first kappa shape index (κ1) is 35.7. The Kier molecular flexibility index (Phi) is 32.5. The fourth-order valence-corrected chi connectivity index (χ4v) is 2.25. The molecule has 182 valence electrons. The second-order valence-electron chi connectivity index (χ2n) is 6.56. The molecule has 8 N–H and O–H groups in total. The summed E-state index contributed by atoms with van der Waals surface area (Å²) in [5.41, 5.74) is 16.3. The van der Waals surface area contributed by atoms with Crippen molar-refractivity contribution in [2.24, 2.45) is 17.2 Å². The number of hydrogen-bond acceptors (Lipinski definition) is 7. The summed E-state index contributed by atoms with van der Waals surface area (Å²) in [6, 6.07) is -0.462. The molecular weight excluding hydrogens is 388 g/mol. The summed E-state index contributed by atoms with van der Waals surface area (Å²) in [5, 5.41) is 11.2. The Morgan fingerprint density at radius 2 is 1.40 bits per heavy atom. The second kappa shape index (κ2) is 27.3. The van der Waals surface area contributed by atoms with Crippen molar-refractivity contribution in [2.75, 3.05) is 26.7 Å². The topological polar surface area (TPSA) is 171 Å². The van der Waals surface area contributed by atoms with Crippen molar-refractivity contribution in [1.29, 1.82) is 0 Å². The van der Waals surface area contributed by atoms with E-state index in [-0.39, 0.29) is 33.2 Å². The summed E-state index contributed by atoms with van der Waals surface area (Å²) in [5.74, 6) is -1.04. The number of esters is 1. The lowest BCUT2D eigenvalue weighted by Gasteiger charge is -2.11. The van der Waals surface area contributed by atoms with Gasteiger partial charge in [-0.15, -0.1) is 0 Å². The maximum Gasteiger partial charge on any atom is 0.305 e. The number of aliphatic carboxylic acids is 1. The lowest BCUT2D eigenvalue weighted by Crippen LogP contribution is -2.40. The van der Waals surface area contributed by atoms with Gasteiger partial charge >= 0.3 is 11.9 Å². The molecule has 0 aromatic carbocycles. The van der Waals surface area contributed by atoms with Crippen LogP contribution in [0.5, 0.6) is 0 Å². The maximum absolute atomic E-state index is 11.5. The van der Waals surface area contributed by atoms with Gasteiger partial charge in [-0.25, -0.2) is 0 Å². The number of amides is 1. The quantitative estimate of drug-likeness (QED) is 0.181. The van der Waals surface area contributed by atoms with Crippen LogP contribution in [0.2, 0.25) is 0 Å². The van der Waals surface area contributed by atoms with Crippen molar-refractivity contribution in [3.8, 4) is 0 Å². The van der Waals surface area contributed by atoms with Crippen molar-refractivity contribution in [1.82, 2.24) is 5.32 Å². The van der Waals surface area contributed by atoms with E-state index in [4.69, 9.17) is 22.3 Å². The average molecular weight is 437 g/mol. The van der Waals surface area contributed by atoms with Crippen molar-refractivity contribution in [3.05, 3.63) is 0 Å². The SMILES string of the molecule is C.C.COC(=O)CCCCCN.NCCCCC(N)C(=O)NCCCCCC(=O)O. The van der Waals surface area contributed by atoms with Crippen LogP contribution in [0.25, 0.3) is 0 Å². The minimum atomic E-state index is -0.777. The highest BCUT2D eigenvalue weighted by Crippen LogP contribution is 2.01. The van der Waals surface area contributed by atoms with Gasteiger partial charge in [-0.2, -0.15) is 0 Å². The monoisotopic (exact) mass is 436 g/mol. The van der Waals surface area contributed by atoms with Gasteiger partial charge in [-0.3, -0.25) is 14.4 Å². The summed E-state index contributed by atoms with van der Waals surface area (Å²) >= 11 is 0. The molecule has 0 aliphatic heterocycles. The van der Waals surface area contributed by atoms with E-state index in [1.54, 1.807) is 0 Å². The van der Waals surface area contributed by atoms with Crippen LogP contribution in [0.1, 0.15) is 85.5 Å². The molecular formula is C21H48N4O5. The van der Waals surface area contributed by atoms with Gasteiger partial charge in [0, 0.05) is 19.4 Å². The molecule has 1 unspecified atom stereocenters. The zero-order valence-corrected chi connectivity index (χ0v) is 17.3. The van der Waals surface area contributed by atoms with Crippen LogP contribution in [-0.4, -0.2) is 55.7 Å². The van der Waals surface area contributed by atoms with Gasteiger partial charge in [-0.05, 0) is 51.6 Å². The van der Waals surface area contributed by atoms with Gasteiger partial charge in [0.2, 0.25) is 5.91 Å². The number of nitrogens with two attached hydrogens (primary N) is 3. The molecule has 0 fully saturated rings. The Morgan fingerprint density at radius 3 is 1.93 bits per heavy atom. The van der Waals surface area contributed by atoms with E-state index >= 15 is 0 Å². The van der Waals surface area contributed by atoms with Crippen molar-refractivity contribution in [3.63, 3.8) is 0 Å². The van der Waals surface area contributed by atoms with Crippen LogP contribution in [0.3, 0.4) is 0 Å². The molecule has 9 nitrogen and oxygen atoms in total. The molecule has 0 bridgehead atoms. The fourth-order valence-electron chi connectivity index (χ4n) is 2.25. The van der Waals surface area contributed by atoms with Crippen LogP contribution < -0.4 is 22.5 Å². The van der Waals surface area contributed by atoms with E-state index < -0.39 is 12.0 Å². The molecule has 9 heteroatoms. The summed E-state index contributed by atoms with van der Waals surface area (Å²) in [6.45, 7) is 1.89. The zero-order valence-electron chi connectivity index (χ0n) is 17.3. The number of rotatable bonds is 16. The van der Waals surface area contributed by atoms with Crippen molar-refractivity contribution in [2.45, 2.75) is 91.5 Å². The van der Waals surface area contributed by atoms with Gasteiger partial charge in [0.1, 0.15) is 0 Å². The predicted octanol–water partition coefficient (Wildman–Crippen LogP) is 2.15. The third-order valence-corrected chi connectivity index (χ3v) is 3.99. The molecule has 0 aliphatic rings.